The molecule has 0 heterocycles. The van der Waals surface area contributed by atoms with Crippen molar-refractivity contribution in [3.8, 4) is 0 Å². The van der Waals surface area contributed by atoms with Crippen LogP contribution >= 0.6 is 27.5 Å². The highest BCUT2D eigenvalue weighted by Gasteiger charge is 2.14. The maximum atomic E-state index is 10.9. The van der Waals surface area contributed by atoms with Crippen LogP contribution in [0.25, 0.3) is 0 Å². The first-order valence-corrected chi connectivity index (χ1v) is 7.80. The van der Waals surface area contributed by atoms with Crippen LogP contribution in [0.15, 0.2) is 42.5 Å². The number of hydrogen-bond donors (Lipinski definition) is 0. The number of nitro groups is 1. The fourth-order valence-corrected chi connectivity index (χ4v) is 2.76. The van der Waals surface area contributed by atoms with E-state index < -0.39 is 0 Å². The molecule has 0 saturated carbocycles. The molecule has 0 atom stereocenters. The minimum absolute atomic E-state index is 0.131. The number of alkyl halides is 1. The van der Waals surface area contributed by atoms with E-state index in [9.17, 15) is 10.1 Å². The van der Waals surface area contributed by atoms with E-state index in [-0.39, 0.29) is 10.6 Å². The molecule has 0 radical (unpaired) electrons. The SMILES string of the molecule is CN(Cc1cccc(Cl)c1)c1ccc([N+](=O)[O-])c(CBr)c1. The van der Waals surface area contributed by atoms with Crippen LogP contribution in [0.5, 0.6) is 0 Å². The number of hydrogen-bond acceptors (Lipinski definition) is 3. The Morgan fingerprint density at radius 3 is 2.67 bits per heavy atom. The Kier molecular flexibility index (Phi) is 5.20. The molecule has 0 aliphatic rings. The summed E-state index contributed by atoms with van der Waals surface area (Å²) in [7, 11) is 1.94. The lowest BCUT2D eigenvalue weighted by molar-refractivity contribution is -0.385. The molecule has 21 heavy (non-hydrogen) atoms. The van der Waals surface area contributed by atoms with Crippen molar-refractivity contribution in [2.75, 3.05) is 11.9 Å². The van der Waals surface area contributed by atoms with Crippen LogP contribution in [0.1, 0.15) is 11.1 Å². The van der Waals surface area contributed by atoms with Crippen LogP contribution in [0.3, 0.4) is 0 Å². The molecule has 0 aliphatic carbocycles. The molecular formula is C15H14BrClN2O2. The molecule has 110 valence electrons. The Balaban J connectivity index is 2.23. The molecule has 0 amide bonds. The van der Waals surface area contributed by atoms with E-state index in [0.717, 1.165) is 11.3 Å². The Hall–Kier alpha value is -1.59. The summed E-state index contributed by atoms with van der Waals surface area (Å²) < 4.78 is 0. The molecule has 0 bridgehead atoms. The molecule has 2 rings (SSSR count). The summed E-state index contributed by atoms with van der Waals surface area (Å²) in [5.74, 6) is 0. The number of benzene rings is 2. The lowest BCUT2D eigenvalue weighted by Gasteiger charge is -2.20. The van der Waals surface area contributed by atoms with Gasteiger partial charge in [-0.15, -0.1) is 0 Å². The summed E-state index contributed by atoms with van der Waals surface area (Å²) in [6.07, 6.45) is 0. The smallest absolute Gasteiger partial charge is 0.273 e. The molecule has 0 N–H and O–H groups in total. The van der Waals surface area contributed by atoms with Crippen LogP contribution in [-0.4, -0.2) is 12.0 Å². The molecule has 0 aromatic heterocycles. The van der Waals surface area contributed by atoms with E-state index in [0.29, 0.717) is 22.5 Å². The average molecular weight is 370 g/mol. The van der Waals surface area contributed by atoms with E-state index in [4.69, 9.17) is 11.6 Å². The fourth-order valence-electron chi connectivity index (χ4n) is 2.09. The normalized spacial score (nSPS) is 10.4. The lowest BCUT2D eigenvalue weighted by Crippen LogP contribution is -2.16. The molecule has 0 saturated heterocycles. The molecular weight excluding hydrogens is 356 g/mol. The van der Waals surface area contributed by atoms with Gasteiger partial charge in [0, 0.05) is 41.3 Å². The van der Waals surface area contributed by atoms with Crippen LogP contribution in [0.2, 0.25) is 5.02 Å². The third-order valence-electron chi connectivity index (χ3n) is 3.15. The van der Waals surface area contributed by atoms with Crippen molar-refractivity contribution in [3.63, 3.8) is 0 Å². The predicted octanol–water partition coefficient (Wildman–Crippen LogP) is 4.78. The molecule has 0 fully saturated rings. The molecule has 6 heteroatoms. The first-order valence-electron chi connectivity index (χ1n) is 6.30. The van der Waals surface area contributed by atoms with E-state index in [1.54, 1.807) is 12.1 Å². The highest BCUT2D eigenvalue weighted by atomic mass is 79.9. The van der Waals surface area contributed by atoms with Crippen LogP contribution in [-0.2, 0) is 11.9 Å². The largest absolute Gasteiger partial charge is 0.370 e. The van der Waals surface area contributed by atoms with Crippen LogP contribution in [0.4, 0.5) is 11.4 Å². The molecule has 0 aliphatic heterocycles. The van der Waals surface area contributed by atoms with Gasteiger partial charge in [0.15, 0.2) is 0 Å². The van der Waals surface area contributed by atoms with Gasteiger partial charge in [0.05, 0.1) is 4.92 Å². The molecule has 2 aromatic rings. The monoisotopic (exact) mass is 368 g/mol. The van der Waals surface area contributed by atoms with E-state index >= 15 is 0 Å². The van der Waals surface area contributed by atoms with Crippen molar-refractivity contribution in [3.05, 3.63) is 68.7 Å². The van der Waals surface area contributed by atoms with Crippen molar-refractivity contribution >= 4 is 38.9 Å². The van der Waals surface area contributed by atoms with Crippen molar-refractivity contribution in [1.82, 2.24) is 0 Å². The predicted molar refractivity (Wildman–Crippen MR) is 89.3 cm³/mol. The van der Waals surface area contributed by atoms with Gasteiger partial charge in [-0.1, -0.05) is 39.7 Å². The number of anilines is 1. The third kappa shape index (κ3) is 3.95. The van der Waals surface area contributed by atoms with Gasteiger partial charge in [-0.25, -0.2) is 0 Å². The summed E-state index contributed by atoms with van der Waals surface area (Å²) in [6, 6.07) is 12.8. The summed E-state index contributed by atoms with van der Waals surface area (Å²) in [4.78, 5) is 12.6. The standard InChI is InChI=1S/C15H14BrClN2O2/c1-18(10-11-3-2-4-13(17)7-11)14-5-6-15(19(20)21)12(8-14)9-16/h2-8H,9-10H2,1H3. The lowest BCUT2D eigenvalue weighted by atomic mass is 10.1. The Bertz CT molecular complexity index is 664. The van der Waals surface area contributed by atoms with Crippen LogP contribution < -0.4 is 4.90 Å². The Morgan fingerprint density at radius 1 is 1.29 bits per heavy atom. The highest BCUT2D eigenvalue weighted by molar-refractivity contribution is 9.08. The summed E-state index contributed by atoms with van der Waals surface area (Å²) in [5.41, 5.74) is 2.81. The zero-order valence-corrected chi connectivity index (χ0v) is 13.8. The minimum Gasteiger partial charge on any atom is -0.370 e. The zero-order valence-electron chi connectivity index (χ0n) is 11.4. The van der Waals surface area contributed by atoms with E-state index in [2.05, 4.69) is 15.9 Å². The second-order valence-corrected chi connectivity index (χ2v) is 5.69. The van der Waals surface area contributed by atoms with Gasteiger partial charge in [0.1, 0.15) is 0 Å². The Labute approximate surface area is 136 Å². The van der Waals surface area contributed by atoms with Gasteiger partial charge < -0.3 is 4.90 Å². The summed E-state index contributed by atoms with van der Waals surface area (Å²) in [5, 5.41) is 12.1. The first kappa shape index (κ1) is 15.8. The van der Waals surface area contributed by atoms with Crippen molar-refractivity contribution in [2.24, 2.45) is 0 Å². The van der Waals surface area contributed by atoms with Gasteiger partial charge in [-0.05, 0) is 29.8 Å². The second-order valence-electron chi connectivity index (χ2n) is 4.69. The van der Waals surface area contributed by atoms with Gasteiger partial charge in [-0.3, -0.25) is 10.1 Å². The molecule has 4 nitrogen and oxygen atoms in total. The number of nitro benzene ring substituents is 1. The quantitative estimate of drug-likeness (QED) is 0.433. The van der Waals surface area contributed by atoms with Crippen LogP contribution in [0, 0.1) is 10.1 Å². The van der Waals surface area contributed by atoms with Gasteiger partial charge in [0.2, 0.25) is 0 Å². The Morgan fingerprint density at radius 2 is 2.05 bits per heavy atom. The highest BCUT2D eigenvalue weighted by Crippen LogP contribution is 2.27. The summed E-state index contributed by atoms with van der Waals surface area (Å²) in [6.45, 7) is 0.681. The maximum absolute atomic E-state index is 10.9. The van der Waals surface area contributed by atoms with E-state index in [1.807, 2.05) is 42.3 Å². The number of rotatable bonds is 5. The maximum Gasteiger partial charge on any atom is 0.273 e. The van der Waals surface area contributed by atoms with E-state index in [1.165, 1.54) is 0 Å². The minimum atomic E-state index is -0.364. The second kappa shape index (κ2) is 6.91. The van der Waals surface area contributed by atoms with Gasteiger partial charge >= 0.3 is 0 Å². The molecule has 0 unspecified atom stereocenters. The molecule has 0 spiro atoms. The summed E-state index contributed by atoms with van der Waals surface area (Å²) >= 11 is 9.27. The zero-order chi connectivity index (χ0) is 15.4. The molecule has 2 aromatic carbocycles. The fraction of sp³-hybridized carbons (Fsp3) is 0.200. The first-order chi connectivity index (χ1) is 10.0. The number of halogens is 2. The third-order valence-corrected chi connectivity index (χ3v) is 3.99. The van der Waals surface area contributed by atoms with Crippen molar-refractivity contribution in [1.29, 1.82) is 0 Å². The van der Waals surface area contributed by atoms with Crippen molar-refractivity contribution < 1.29 is 4.92 Å². The number of nitrogens with zero attached hydrogens (tertiary/aromatic N) is 2. The topological polar surface area (TPSA) is 46.4 Å². The van der Waals surface area contributed by atoms with Crippen molar-refractivity contribution in [2.45, 2.75) is 11.9 Å². The van der Waals surface area contributed by atoms with Gasteiger partial charge in [0.25, 0.3) is 5.69 Å². The average Bonchev–Trinajstić information content (AvgIpc) is 2.46. The van der Waals surface area contributed by atoms with Gasteiger partial charge in [-0.2, -0.15) is 0 Å².